The zero-order chi connectivity index (χ0) is 12.3. The van der Waals surface area contributed by atoms with E-state index in [1.165, 1.54) is 0 Å². The van der Waals surface area contributed by atoms with Gasteiger partial charge in [-0.25, -0.2) is 14.0 Å². The summed E-state index contributed by atoms with van der Waals surface area (Å²) < 4.78 is 23.9. The molecule has 1 unspecified atom stereocenters. The molecule has 1 rings (SSSR count). The SMILES string of the molecule is CN(C)P(=O)(N(C)C)N(C)CC1CCCO1. The van der Waals surface area contributed by atoms with Gasteiger partial charge in [0.1, 0.15) is 0 Å². The Morgan fingerprint density at radius 3 is 2.12 bits per heavy atom. The first kappa shape index (κ1) is 14.1. The average molecular weight is 249 g/mol. The van der Waals surface area contributed by atoms with E-state index in [1.807, 2.05) is 39.9 Å². The van der Waals surface area contributed by atoms with Gasteiger partial charge >= 0.3 is 0 Å². The minimum atomic E-state index is -2.59. The summed E-state index contributed by atoms with van der Waals surface area (Å²) in [6.07, 6.45) is 2.43. The summed E-state index contributed by atoms with van der Waals surface area (Å²) >= 11 is 0. The van der Waals surface area contributed by atoms with Crippen molar-refractivity contribution in [3.05, 3.63) is 0 Å². The van der Waals surface area contributed by atoms with Gasteiger partial charge < -0.3 is 4.74 Å². The molecule has 0 amide bonds. The molecule has 1 saturated heterocycles. The van der Waals surface area contributed by atoms with Crippen LogP contribution < -0.4 is 0 Å². The lowest BCUT2D eigenvalue weighted by Gasteiger charge is -2.38. The zero-order valence-electron chi connectivity index (χ0n) is 11.0. The molecule has 0 saturated carbocycles. The molecule has 1 fully saturated rings. The third-order valence-electron chi connectivity index (χ3n) is 2.98. The Bertz CT molecular complexity index is 253. The fraction of sp³-hybridized carbons (Fsp3) is 1.00. The summed E-state index contributed by atoms with van der Waals surface area (Å²) in [7, 11) is 6.73. The molecule has 0 bridgehead atoms. The van der Waals surface area contributed by atoms with E-state index >= 15 is 0 Å². The van der Waals surface area contributed by atoms with Gasteiger partial charge in [-0.15, -0.1) is 0 Å². The Balaban J connectivity index is 2.67. The van der Waals surface area contributed by atoms with Crippen LogP contribution in [0.2, 0.25) is 0 Å². The third-order valence-corrected chi connectivity index (χ3v) is 6.12. The first-order valence-corrected chi connectivity index (χ1v) is 7.24. The quantitative estimate of drug-likeness (QED) is 0.687. The maximum absolute atomic E-state index is 12.8. The van der Waals surface area contributed by atoms with Crippen molar-refractivity contribution in [2.75, 3.05) is 48.4 Å². The molecule has 0 spiro atoms. The zero-order valence-corrected chi connectivity index (χ0v) is 11.9. The average Bonchev–Trinajstić information content (AvgIpc) is 2.68. The van der Waals surface area contributed by atoms with Gasteiger partial charge in [0.2, 0.25) is 0 Å². The van der Waals surface area contributed by atoms with Crippen LogP contribution in [0.3, 0.4) is 0 Å². The van der Waals surface area contributed by atoms with E-state index in [2.05, 4.69) is 0 Å². The van der Waals surface area contributed by atoms with Crippen LogP contribution in [0.25, 0.3) is 0 Å². The van der Waals surface area contributed by atoms with E-state index in [0.29, 0.717) is 0 Å². The molecular formula is C10H24N3O2P. The van der Waals surface area contributed by atoms with E-state index < -0.39 is 7.59 Å². The number of rotatable bonds is 5. The van der Waals surface area contributed by atoms with E-state index in [0.717, 1.165) is 26.0 Å². The molecule has 1 aliphatic heterocycles. The van der Waals surface area contributed by atoms with Crippen LogP contribution in [0.1, 0.15) is 12.8 Å². The summed E-state index contributed by atoms with van der Waals surface area (Å²) in [5.74, 6) is 0. The van der Waals surface area contributed by atoms with Crippen molar-refractivity contribution >= 4 is 7.59 Å². The number of ether oxygens (including phenoxy) is 1. The van der Waals surface area contributed by atoms with E-state index in [4.69, 9.17) is 4.74 Å². The fourth-order valence-electron chi connectivity index (χ4n) is 2.16. The van der Waals surface area contributed by atoms with Gasteiger partial charge in [-0.1, -0.05) is 0 Å². The van der Waals surface area contributed by atoms with Gasteiger partial charge in [-0.05, 0) is 48.1 Å². The normalized spacial score (nSPS) is 22.6. The molecular weight excluding hydrogens is 225 g/mol. The predicted octanol–water partition coefficient (Wildman–Crippen LogP) is 1.33. The first-order chi connectivity index (χ1) is 7.39. The molecule has 6 heteroatoms. The topological polar surface area (TPSA) is 36.0 Å². The molecule has 0 aromatic rings. The first-order valence-electron chi connectivity index (χ1n) is 5.68. The molecule has 0 radical (unpaired) electrons. The molecule has 0 aliphatic carbocycles. The summed E-state index contributed by atoms with van der Waals surface area (Å²) in [6.45, 7) is 1.57. The lowest BCUT2D eigenvalue weighted by Crippen LogP contribution is -2.36. The van der Waals surface area contributed by atoms with Crippen LogP contribution in [-0.4, -0.2) is 68.5 Å². The highest BCUT2D eigenvalue weighted by molar-refractivity contribution is 7.56. The van der Waals surface area contributed by atoms with E-state index in [1.54, 1.807) is 9.34 Å². The smallest absolute Gasteiger partial charge is 0.285 e. The van der Waals surface area contributed by atoms with Crippen molar-refractivity contribution in [3.63, 3.8) is 0 Å². The predicted molar refractivity (Wildman–Crippen MR) is 66.6 cm³/mol. The second-order valence-corrected chi connectivity index (χ2v) is 7.99. The Labute approximate surface area is 98.9 Å². The van der Waals surface area contributed by atoms with Gasteiger partial charge in [0.05, 0.1) is 6.10 Å². The minimum absolute atomic E-state index is 0.234. The molecule has 1 atom stereocenters. The number of nitrogens with zero attached hydrogens (tertiary/aromatic N) is 3. The Hall–Kier alpha value is 0.0700. The Kier molecular flexibility index (Phi) is 4.95. The van der Waals surface area contributed by atoms with Crippen LogP contribution in [-0.2, 0) is 9.30 Å². The van der Waals surface area contributed by atoms with Crippen LogP contribution in [0.15, 0.2) is 0 Å². The third kappa shape index (κ3) is 2.84. The van der Waals surface area contributed by atoms with E-state index in [9.17, 15) is 4.57 Å². The van der Waals surface area contributed by atoms with Crippen molar-refractivity contribution in [1.82, 2.24) is 14.0 Å². The minimum Gasteiger partial charge on any atom is -0.377 e. The van der Waals surface area contributed by atoms with Gasteiger partial charge in [0.25, 0.3) is 7.59 Å². The summed E-state index contributed by atoms with van der Waals surface area (Å²) in [6, 6.07) is 0. The van der Waals surface area contributed by atoms with Gasteiger partial charge in [-0.3, -0.25) is 4.57 Å². The summed E-state index contributed by atoms with van der Waals surface area (Å²) in [5, 5.41) is 0. The molecule has 16 heavy (non-hydrogen) atoms. The van der Waals surface area contributed by atoms with Gasteiger partial charge in [-0.2, -0.15) is 0 Å². The van der Waals surface area contributed by atoms with Crippen molar-refractivity contribution in [2.45, 2.75) is 18.9 Å². The lowest BCUT2D eigenvalue weighted by molar-refractivity contribution is 0.0949. The Morgan fingerprint density at radius 2 is 1.75 bits per heavy atom. The second-order valence-electron chi connectivity index (χ2n) is 4.68. The summed E-state index contributed by atoms with van der Waals surface area (Å²) in [4.78, 5) is 0. The largest absolute Gasteiger partial charge is 0.377 e. The van der Waals surface area contributed by atoms with E-state index in [-0.39, 0.29) is 6.10 Å². The highest BCUT2D eigenvalue weighted by Crippen LogP contribution is 2.52. The fourth-order valence-corrected chi connectivity index (χ4v) is 4.49. The van der Waals surface area contributed by atoms with Crippen molar-refractivity contribution < 1.29 is 9.30 Å². The highest BCUT2D eigenvalue weighted by atomic mass is 31.2. The van der Waals surface area contributed by atoms with Crippen molar-refractivity contribution in [2.24, 2.45) is 0 Å². The summed E-state index contributed by atoms with van der Waals surface area (Å²) in [5.41, 5.74) is 0. The van der Waals surface area contributed by atoms with Crippen LogP contribution in [0.5, 0.6) is 0 Å². The molecule has 0 aromatic heterocycles. The lowest BCUT2D eigenvalue weighted by atomic mass is 10.2. The molecule has 96 valence electrons. The van der Waals surface area contributed by atoms with Gasteiger partial charge in [0.15, 0.2) is 0 Å². The van der Waals surface area contributed by atoms with Crippen LogP contribution in [0, 0.1) is 0 Å². The Morgan fingerprint density at radius 1 is 1.19 bits per heavy atom. The molecule has 0 N–H and O–H groups in total. The number of hydrogen-bond acceptors (Lipinski definition) is 2. The number of likely N-dealkylation sites (N-methyl/N-ethyl adjacent to an activating group) is 1. The maximum atomic E-state index is 12.8. The molecule has 1 heterocycles. The molecule has 5 nitrogen and oxygen atoms in total. The second kappa shape index (κ2) is 5.61. The van der Waals surface area contributed by atoms with Crippen LogP contribution >= 0.6 is 7.59 Å². The van der Waals surface area contributed by atoms with Crippen LogP contribution in [0.4, 0.5) is 0 Å². The number of hydrogen-bond donors (Lipinski definition) is 0. The maximum Gasteiger partial charge on any atom is 0.285 e. The van der Waals surface area contributed by atoms with Crippen molar-refractivity contribution in [3.8, 4) is 0 Å². The monoisotopic (exact) mass is 249 g/mol. The van der Waals surface area contributed by atoms with Crippen molar-refractivity contribution in [1.29, 1.82) is 0 Å². The molecule has 1 aliphatic rings. The molecule has 0 aromatic carbocycles. The standard InChI is InChI=1S/C10H24N3O2P/c1-11(2)16(14,12(3)4)13(5)9-10-7-6-8-15-10/h10H,6-9H2,1-5H3. The van der Waals surface area contributed by atoms with Gasteiger partial charge in [0, 0.05) is 13.2 Å². The highest BCUT2D eigenvalue weighted by Gasteiger charge is 2.35.